The van der Waals surface area contributed by atoms with Crippen molar-refractivity contribution in [2.45, 2.75) is 30.0 Å². The summed E-state index contributed by atoms with van der Waals surface area (Å²) in [5.74, 6) is -0.542. The van der Waals surface area contributed by atoms with E-state index in [1.807, 2.05) is 0 Å². The van der Waals surface area contributed by atoms with E-state index in [4.69, 9.17) is 0 Å². The topological polar surface area (TPSA) is 79.4 Å². The highest BCUT2D eigenvalue weighted by Crippen LogP contribution is 2.24. The molecule has 0 radical (unpaired) electrons. The molecule has 29 heavy (non-hydrogen) atoms. The van der Waals surface area contributed by atoms with Crippen molar-refractivity contribution < 1.29 is 17.6 Å². The van der Waals surface area contributed by atoms with Gasteiger partial charge in [-0.05, 0) is 49.4 Å². The molecule has 3 aromatic rings. The molecule has 9 heteroatoms. The van der Waals surface area contributed by atoms with Crippen molar-refractivity contribution in [3.63, 3.8) is 0 Å². The molecule has 0 atom stereocenters. The Morgan fingerprint density at radius 2 is 2.00 bits per heavy atom. The van der Waals surface area contributed by atoms with Crippen molar-refractivity contribution in [3.8, 4) is 0 Å². The summed E-state index contributed by atoms with van der Waals surface area (Å²) in [5.41, 5.74) is 1.59. The minimum atomic E-state index is -3.52. The molecule has 1 aromatic carbocycles. The van der Waals surface area contributed by atoms with E-state index in [0.717, 1.165) is 0 Å². The quantitative estimate of drug-likeness (QED) is 0.685. The average Bonchev–Trinajstić information content (AvgIpc) is 3.22. The first-order valence-electron chi connectivity index (χ1n) is 9.25. The van der Waals surface area contributed by atoms with Crippen LogP contribution < -0.4 is 4.72 Å². The van der Waals surface area contributed by atoms with E-state index in [2.05, 4.69) is 9.71 Å². The summed E-state index contributed by atoms with van der Waals surface area (Å²) in [6, 6.07) is 9.00. The number of likely N-dealkylation sites (tertiary alicyclic amines) is 1. The second-order valence-electron chi connectivity index (χ2n) is 7.09. The summed E-state index contributed by atoms with van der Waals surface area (Å²) < 4.78 is 41.4. The first kappa shape index (κ1) is 19.9. The number of thiophene rings is 1. The number of aryl methyl sites for hydroxylation is 1. The molecule has 1 N–H and O–H groups in total. The Bertz CT molecular complexity index is 1150. The van der Waals surface area contributed by atoms with Gasteiger partial charge in [-0.3, -0.25) is 9.78 Å². The molecule has 4 rings (SSSR count). The Morgan fingerprint density at radius 1 is 1.24 bits per heavy atom. The summed E-state index contributed by atoms with van der Waals surface area (Å²) in [6.45, 7) is 2.66. The summed E-state index contributed by atoms with van der Waals surface area (Å²) in [7, 11) is -3.52. The van der Waals surface area contributed by atoms with Crippen LogP contribution in [0.1, 0.15) is 28.9 Å². The van der Waals surface area contributed by atoms with Crippen LogP contribution in [0, 0.1) is 12.7 Å². The van der Waals surface area contributed by atoms with Crippen LogP contribution >= 0.6 is 11.3 Å². The fraction of sp³-hybridized carbons (Fsp3) is 0.300. The molecule has 0 spiro atoms. The molecule has 1 aliphatic rings. The normalized spacial score (nSPS) is 15.7. The Labute approximate surface area is 172 Å². The fourth-order valence-corrected chi connectivity index (χ4v) is 5.89. The molecule has 0 bridgehead atoms. The molecule has 0 aliphatic carbocycles. The largest absolute Gasteiger partial charge is 0.339 e. The highest BCUT2D eigenvalue weighted by Gasteiger charge is 2.28. The fourth-order valence-electron chi connectivity index (χ4n) is 3.58. The lowest BCUT2D eigenvalue weighted by Crippen LogP contribution is -2.46. The molecular weight excluding hydrogens is 413 g/mol. The number of hydrogen-bond donors (Lipinski definition) is 1. The number of fused-ring (bicyclic) bond motifs is 1. The molecule has 152 valence electrons. The average molecular weight is 434 g/mol. The molecular formula is C20H20FN3O3S2. The van der Waals surface area contributed by atoms with E-state index >= 15 is 0 Å². The van der Waals surface area contributed by atoms with Gasteiger partial charge < -0.3 is 4.90 Å². The molecule has 1 saturated heterocycles. The van der Waals surface area contributed by atoms with Crippen molar-refractivity contribution in [1.29, 1.82) is 0 Å². The maximum absolute atomic E-state index is 13.5. The number of carbonyl (C=O) groups is 1. The van der Waals surface area contributed by atoms with E-state index in [-0.39, 0.29) is 11.9 Å². The van der Waals surface area contributed by atoms with Gasteiger partial charge in [0.05, 0.1) is 11.1 Å². The molecule has 3 heterocycles. The van der Waals surface area contributed by atoms with Crippen molar-refractivity contribution in [1.82, 2.24) is 14.6 Å². The lowest BCUT2D eigenvalue weighted by atomic mass is 10.0. The SMILES string of the molecule is Cc1cc(C(=O)N2CCC(NS(=O)(=O)c3cccs3)CC2)c2ccc(F)cc2n1. The summed E-state index contributed by atoms with van der Waals surface area (Å²) in [6.07, 6.45) is 1.07. The third-order valence-electron chi connectivity index (χ3n) is 4.99. The highest BCUT2D eigenvalue weighted by molar-refractivity contribution is 7.91. The van der Waals surface area contributed by atoms with E-state index in [1.54, 1.807) is 41.5 Å². The first-order chi connectivity index (χ1) is 13.8. The number of amides is 1. The number of rotatable bonds is 4. The Kier molecular flexibility index (Phi) is 5.37. The number of hydrogen-bond acceptors (Lipinski definition) is 5. The van der Waals surface area contributed by atoms with Crippen LogP contribution in [-0.2, 0) is 10.0 Å². The number of halogens is 1. The summed E-state index contributed by atoms with van der Waals surface area (Å²) in [5, 5.41) is 2.34. The van der Waals surface area contributed by atoms with Crippen LogP contribution in [0.5, 0.6) is 0 Å². The molecule has 0 unspecified atom stereocenters. The van der Waals surface area contributed by atoms with Crippen molar-refractivity contribution in [2.24, 2.45) is 0 Å². The Hall–Kier alpha value is -2.36. The van der Waals surface area contributed by atoms with Gasteiger partial charge in [-0.15, -0.1) is 11.3 Å². The van der Waals surface area contributed by atoms with Crippen LogP contribution in [0.15, 0.2) is 46.0 Å². The minimum absolute atomic E-state index is 0.147. The lowest BCUT2D eigenvalue weighted by molar-refractivity contribution is 0.0713. The zero-order chi connectivity index (χ0) is 20.6. The van der Waals surface area contributed by atoms with E-state index in [1.165, 1.54) is 23.5 Å². The van der Waals surface area contributed by atoms with Gasteiger partial charge in [0.1, 0.15) is 10.0 Å². The van der Waals surface area contributed by atoms with Crippen molar-refractivity contribution in [2.75, 3.05) is 13.1 Å². The highest BCUT2D eigenvalue weighted by atomic mass is 32.2. The van der Waals surface area contributed by atoms with Gasteiger partial charge >= 0.3 is 0 Å². The Morgan fingerprint density at radius 3 is 2.69 bits per heavy atom. The minimum Gasteiger partial charge on any atom is -0.339 e. The second kappa shape index (κ2) is 7.81. The number of piperidine rings is 1. The molecule has 1 amide bonds. The van der Waals surface area contributed by atoms with Crippen LogP contribution in [0.25, 0.3) is 10.9 Å². The standard InChI is InChI=1S/C20H20FN3O3S2/c1-13-11-17(16-5-4-14(21)12-18(16)22-13)20(25)24-8-6-15(7-9-24)23-29(26,27)19-3-2-10-28-19/h2-5,10-12,15,23H,6-9H2,1H3. The van der Waals surface area contributed by atoms with Crippen LogP contribution in [0.3, 0.4) is 0 Å². The van der Waals surface area contributed by atoms with E-state index in [0.29, 0.717) is 52.3 Å². The molecule has 2 aromatic heterocycles. The number of nitrogens with one attached hydrogen (secondary N) is 1. The molecule has 1 fully saturated rings. The molecule has 6 nitrogen and oxygen atoms in total. The van der Waals surface area contributed by atoms with Crippen LogP contribution in [0.4, 0.5) is 4.39 Å². The number of aromatic nitrogens is 1. The predicted molar refractivity (Wildman–Crippen MR) is 110 cm³/mol. The van der Waals surface area contributed by atoms with Gasteiger partial charge in [-0.25, -0.2) is 17.5 Å². The number of sulfonamides is 1. The van der Waals surface area contributed by atoms with E-state index < -0.39 is 15.8 Å². The maximum Gasteiger partial charge on any atom is 0.254 e. The zero-order valence-corrected chi connectivity index (χ0v) is 17.4. The van der Waals surface area contributed by atoms with E-state index in [9.17, 15) is 17.6 Å². The van der Waals surface area contributed by atoms with Crippen molar-refractivity contribution >= 4 is 38.2 Å². The zero-order valence-electron chi connectivity index (χ0n) is 15.8. The van der Waals surface area contributed by atoms with Crippen molar-refractivity contribution in [3.05, 3.63) is 58.9 Å². The monoisotopic (exact) mass is 433 g/mol. The maximum atomic E-state index is 13.5. The smallest absolute Gasteiger partial charge is 0.254 e. The third kappa shape index (κ3) is 4.17. The lowest BCUT2D eigenvalue weighted by Gasteiger charge is -2.32. The predicted octanol–water partition coefficient (Wildman–Crippen LogP) is 3.33. The molecule has 0 saturated carbocycles. The van der Waals surface area contributed by atoms with Gasteiger partial charge in [-0.2, -0.15) is 0 Å². The van der Waals surface area contributed by atoms with Gasteiger partial charge in [0.15, 0.2) is 0 Å². The van der Waals surface area contributed by atoms with Gasteiger partial charge in [0, 0.05) is 36.3 Å². The Balaban J connectivity index is 1.48. The van der Waals surface area contributed by atoms with Gasteiger partial charge in [-0.1, -0.05) is 6.07 Å². The number of carbonyl (C=O) groups excluding carboxylic acids is 1. The van der Waals surface area contributed by atoms with Gasteiger partial charge in [0.25, 0.3) is 5.91 Å². The van der Waals surface area contributed by atoms with Crippen LogP contribution in [-0.4, -0.2) is 43.3 Å². The van der Waals surface area contributed by atoms with Crippen LogP contribution in [0.2, 0.25) is 0 Å². The second-order valence-corrected chi connectivity index (χ2v) is 9.98. The number of nitrogens with zero attached hydrogens (tertiary/aromatic N) is 2. The number of benzene rings is 1. The summed E-state index contributed by atoms with van der Waals surface area (Å²) in [4.78, 5) is 19.1. The first-order valence-corrected chi connectivity index (χ1v) is 11.6. The third-order valence-corrected chi connectivity index (χ3v) is 7.91. The molecule has 1 aliphatic heterocycles. The summed E-state index contributed by atoms with van der Waals surface area (Å²) >= 11 is 1.18. The number of pyridine rings is 1. The van der Waals surface area contributed by atoms with Gasteiger partial charge in [0.2, 0.25) is 10.0 Å².